The van der Waals surface area contributed by atoms with Crippen molar-refractivity contribution in [3.05, 3.63) is 41.2 Å². The second-order valence-electron chi connectivity index (χ2n) is 10.4. The average molecular weight is 494 g/mol. The Morgan fingerprint density at radius 2 is 1.79 bits per heavy atom. The lowest BCUT2D eigenvalue weighted by atomic mass is 9.96. The fourth-order valence-corrected chi connectivity index (χ4v) is 6.72. The van der Waals surface area contributed by atoms with Gasteiger partial charge in [0.2, 0.25) is 0 Å². The zero-order chi connectivity index (χ0) is 23.9. The Hall–Kier alpha value is -1.58. The van der Waals surface area contributed by atoms with Gasteiger partial charge in [0.1, 0.15) is 5.82 Å². The van der Waals surface area contributed by atoms with Crippen LogP contribution in [0.3, 0.4) is 0 Å². The fourth-order valence-electron chi connectivity index (χ4n) is 5.88. The number of nitrogens with zero attached hydrogens (tertiary/aromatic N) is 5. The molecule has 3 aliphatic rings. The van der Waals surface area contributed by atoms with E-state index in [1.807, 2.05) is 0 Å². The van der Waals surface area contributed by atoms with Gasteiger partial charge in [-0.3, -0.25) is 0 Å². The molecule has 1 aliphatic carbocycles. The fraction of sp³-hybridized carbons (Fsp3) is 0.680. The highest BCUT2D eigenvalue weighted by atomic mass is 32.2. The van der Waals surface area contributed by atoms with Gasteiger partial charge in [0.05, 0.1) is 5.56 Å². The Morgan fingerprint density at radius 3 is 2.50 bits per heavy atom. The van der Waals surface area contributed by atoms with Gasteiger partial charge in [-0.15, -0.1) is 10.2 Å². The van der Waals surface area contributed by atoms with E-state index in [-0.39, 0.29) is 5.41 Å². The molecule has 5 nitrogen and oxygen atoms in total. The maximum absolute atomic E-state index is 12.8. The smallest absolute Gasteiger partial charge is 0.309 e. The van der Waals surface area contributed by atoms with Crippen LogP contribution in [-0.4, -0.2) is 70.1 Å². The third kappa shape index (κ3) is 5.02. The van der Waals surface area contributed by atoms with Crippen molar-refractivity contribution in [3.8, 4) is 0 Å². The number of piperidine rings is 1. The summed E-state index contributed by atoms with van der Waals surface area (Å²) in [5.41, 5.74) is 0.783. The van der Waals surface area contributed by atoms with Gasteiger partial charge in [0.15, 0.2) is 5.16 Å². The summed E-state index contributed by atoms with van der Waals surface area (Å²) in [7, 11) is 4.27. The summed E-state index contributed by atoms with van der Waals surface area (Å²) in [6.45, 7) is 5.46. The van der Waals surface area contributed by atoms with Crippen molar-refractivity contribution in [1.82, 2.24) is 24.6 Å². The minimum Gasteiger partial charge on any atom is -0.309 e. The molecular weight excluding hydrogens is 459 g/mol. The average Bonchev–Trinajstić information content (AvgIpc) is 3.16. The first-order chi connectivity index (χ1) is 16.2. The molecule has 3 heterocycles. The third-order valence-electron chi connectivity index (χ3n) is 8.10. The lowest BCUT2D eigenvalue weighted by Gasteiger charge is -2.28. The summed E-state index contributed by atoms with van der Waals surface area (Å²) in [5, 5.41) is 9.97. The van der Waals surface area contributed by atoms with Crippen LogP contribution in [0.4, 0.5) is 13.2 Å². The van der Waals surface area contributed by atoms with E-state index < -0.39 is 11.7 Å². The Labute approximate surface area is 204 Å². The zero-order valence-corrected chi connectivity index (χ0v) is 20.8. The van der Waals surface area contributed by atoms with Crippen LogP contribution in [-0.2, 0) is 13.2 Å². The zero-order valence-electron chi connectivity index (χ0n) is 20.0. The second-order valence-corrected chi connectivity index (χ2v) is 11.5. The van der Waals surface area contributed by atoms with Gasteiger partial charge in [-0.2, -0.15) is 13.2 Å². The number of halogens is 3. The molecule has 2 aliphatic heterocycles. The molecule has 1 aromatic heterocycles. The second kappa shape index (κ2) is 9.47. The van der Waals surface area contributed by atoms with Crippen molar-refractivity contribution >= 4 is 11.8 Å². The molecule has 1 aromatic carbocycles. The molecule has 34 heavy (non-hydrogen) atoms. The van der Waals surface area contributed by atoms with Crippen LogP contribution in [0, 0.1) is 5.41 Å². The number of benzene rings is 1. The number of alkyl halides is 3. The predicted molar refractivity (Wildman–Crippen MR) is 128 cm³/mol. The van der Waals surface area contributed by atoms with Gasteiger partial charge >= 0.3 is 6.18 Å². The number of likely N-dealkylation sites (tertiary alicyclic amines) is 2. The molecule has 186 valence electrons. The molecule has 2 aromatic rings. The third-order valence-corrected chi connectivity index (χ3v) is 9.20. The SMILES string of the molecule is CN1CCC(c2nnc(SCCCN3CC[C@]4(C[C@@H]4c4ccc(C(F)(F)F)cc4)C3)n2C)CC1. The van der Waals surface area contributed by atoms with Gasteiger partial charge in [-0.25, -0.2) is 0 Å². The van der Waals surface area contributed by atoms with E-state index in [1.165, 1.54) is 12.1 Å². The molecule has 2 saturated heterocycles. The first-order valence-electron chi connectivity index (χ1n) is 12.4. The first-order valence-corrected chi connectivity index (χ1v) is 13.3. The lowest BCUT2D eigenvalue weighted by molar-refractivity contribution is -0.137. The molecule has 0 amide bonds. The largest absolute Gasteiger partial charge is 0.416 e. The maximum atomic E-state index is 12.8. The Balaban J connectivity index is 1.06. The standard InChI is InChI=1S/C25H34F3N5S/c1-31-12-8-19(9-13-31)22-29-30-23(32(22)2)34-15-3-11-33-14-10-24(17-33)16-21(24)18-4-6-20(7-5-18)25(26,27)28/h4-7,19,21H,3,8-17H2,1-2H3/t21-,24+/m1/s1. The van der Waals surface area contributed by atoms with E-state index in [9.17, 15) is 13.2 Å². The van der Waals surface area contributed by atoms with Gasteiger partial charge in [0.25, 0.3) is 0 Å². The lowest BCUT2D eigenvalue weighted by Crippen LogP contribution is -2.30. The van der Waals surface area contributed by atoms with Crippen LogP contribution in [0.25, 0.3) is 0 Å². The minimum atomic E-state index is -4.26. The van der Waals surface area contributed by atoms with Crippen molar-refractivity contribution < 1.29 is 13.2 Å². The quantitative estimate of drug-likeness (QED) is 0.401. The van der Waals surface area contributed by atoms with Crippen molar-refractivity contribution in [3.63, 3.8) is 0 Å². The van der Waals surface area contributed by atoms with Crippen molar-refractivity contribution in [2.45, 2.75) is 55.3 Å². The van der Waals surface area contributed by atoms with Crippen LogP contribution in [0.15, 0.2) is 29.4 Å². The number of aromatic nitrogens is 3. The van der Waals surface area contributed by atoms with E-state index >= 15 is 0 Å². The molecule has 0 bridgehead atoms. The molecule has 3 fully saturated rings. The van der Waals surface area contributed by atoms with Gasteiger partial charge in [-0.1, -0.05) is 23.9 Å². The van der Waals surface area contributed by atoms with E-state index in [2.05, 4.69) is 38.7 Å². The summed E-state index contributed by atoms with van der Waals surface area (Å²) >= 11 is 1.79. The number of hydrogen-bond donors (Lipinski definition) is 0. The highest BCUT2D eigenvalue weighted by Gasteiger charge is 2.57. The molecule has 0 unspecified atom stereocenters. The first kappa shape index (κ1) is 24.1. The van der Waals surface area contributed by atoms with Crippen LogP contribution in [0.5, 0.6) is 0 Å². The Morgan fingerprint density at radius 1 is 1.06 bits per heavy atom. The molecule has 5 rings (SSSR count). The Kier molecular flexibility index (Phi) is 6.72. The molecule has 1 spiro atoms. The van der Waals surface area contributed by atoms with Crippen LogP contribution >= 0.6 is 11.8 Å². The molecule has 0 radical (unpaired) electrons. The van der Waals surface area contributed by atoms with E-state index in [4.69, 9.17) is 0 Å². The van der Waals surface area contributed by atoms with Gasteiger partial charge in [-0.05, 0) is 94.4 Å². The molecule has 0 N–H and O–H groups in total. The van der Waals surface area contributed by atoms with E-state index in [0.717, 1.165) is 87.1 Å². The topological polar surface area (TPSA) is 37.2 Å². The summed E-state index contributed by atoms with van der Waals surface area (Å²) in [6.07, 6.45) is 1.38. The molecular formula is C25H34F3N5S. The molecule has 2 atom stereocenters. The van der Waals surface area contributed by atoms with E-state index in [0.29, 0.717) is 11.8 Å². The molecule has 1 saturated carbocycles. The predicted octanol–water partition coefficient (Wildman–Crippen LogP) is 5.00. The number of thioether (sulfide) groups is 1. The van der Waals surface area contributed by atoms with Gasteiger partial charge < -0.3 is 14.4 Å². The maximum Gasteiger partial charge on any atom is 0.416 e. The summed E-state index contributed by atoms with van der Waals surface area (Å²) < 4.78 is 40.7. The van der Waals surface area contributed by atoms with Gasteiger partial charge in [0, 0.05) is 25.3 Å². The van der Waals surface area contributed by atoms with E-state index in [1.54, 1.807) is 23.9 Å². The monoisotopic (exact) mass is 493 g/mol. The number of hydrogen-bond acceptors (Lipinski definition) is 5. The van der Waals surface area contributed by atoms with Crippen LogP contribution < -0.4 is 0 Å². The van der Waals surface area contributed by atoms with Crippen molar-refractivity contribution in [2.75, 3.05) is 45.5 Å². The normalized spacial score (nSPS) is 26.6. The summed E-state index contributed by atoms with van der Waals surface area (Å²) in [5.74, 6) is 3.07. The highest BCUT2D eigenvalue weighted by molar-refractivity contribution is 7.99. The van der Waals surface area contributed by atoms with Crippen LogP contribution in [0.1, 0.15) is 60.9 Å². The minimum absolute atomic E-state index is 0.277. The summed E-state index contributed by atoms with van der Waals surface area (Å²) in [4.78, 5) is 4.91. The van der Waals surface area contributed by atoms with Crippen molar-refractivity contribution in [2.24, 2.45) is 12.5 Å². The van der Waals surface area contributed by atoms with Crippen molar-refractivity contribution in [1.29, 1.82) is 0 Å². The van der Waals surface area contributed by atoms with Crippen LogP contribution in [0.2, 0.25) is 0 Å². The highest BCUT2D eigenvalue weighted by Crippen LogP contribution is 2.64. The summed E-state index contributed by atoms with van der Waals surface area (Å²) in [6, 6.07) is 5.83. The molecule has 9 heteroatoms. The Bertz CT molecular complexity index is 983. The number of rotatable bonds is 7.